The predicted molar refractivity (Wildman–Crippen MR) is 230 cm³/mol. The molecule has 0 aliphatic heterocycles. The average Bonchev–Trinajstić information content (AvgIpc) is 3.21. The second-order valence-electron chi connectivity index (χ2n) is 15.5. The number of carbonyl (C=O) groups excluding carboxylic acids is 4. The lowest BCUT2D eigenvalue weighted by molar-refractivity contribution is -0.144. The van der Waals surface area contributed by atoms with Crippen molar-refractivity contribution in [2.75, 3.05) is 6.54 Å². The van der Waals surface area contributed by atoms with E-state index in [0.717, 1.165) is 51.4 Å². The van der Waals surface area contributed by atoms with Crippen LogP contribution in [-0.4, -0.2) is 138 Å². The minimum Gasteiger partial charge on any atom is -0.481 e. The van der Waals surface area contributed by atoms with Crippen molar-refractivity contribution in [2.45, 2.75) is 184 Å². The first-order chi connectivity index (χ1) is 30.3. The Balaban J connectivity index is 4.67. The fourth-order valence-corrected chi connectivity index (χ4v) is 6.67. The second kappa shape index (κ2) is 35.4. The number of amides is 4. The Labute approximate surface area is 374 Å². The molecule has 0 bridgehead atoms. The number of hydrogen-bond acceptors (Lipinski definition) is 13. The fraction of sp³-hybridized carbons (Fsp3) is 0.750. The molecule has 0 aromatic rings. The Morgan fingerprint density at radius 1 is 0.375 bits per heavy atom. The normalized spacial score (nSPS) is 13.8. The minimum atomic E-state index is -1.62. The molecule has 0 aromatic carbocycles. The Hall–Kier alpha value is -4.99. The van der Waals surface area contributed by atoms with Crippen molar-refractivity contribution in [3.05, 3.63) is 0 Å². The Morgan fingerprint density at radius 2 is 0.750 bits per heavy atom. The summed E-state index contributed by atoms with van der Waals surface area (Å²) in [7, 11) is 2.12. The highest BCUT2D eigenvalue weighted by atomic mass is 31.0. The molecule has 0 heterocycles. The first kappa shape index (κ1) is 59.0. The summed E-state index contributed by atoms with van der Waals surface area (Å²) in [5.41, 5.74) is 0. The van der Waals surface area contributed by atoms with E-state index in [4.69, 9.17) is 10.2 Å². The van der Waals surface area contributed by atoms with Crippen LogP contribution in [0, 0.1) is 0 Å². The lowest BCUT2D eigenvalue weighted by Gasteiger charge is -2.21. The van der Waals surface area contributed by atoms with E-state index in [1.165, 1.54) is 0 Å². The van der Waals surface area contributed by atoms with E-state index in [1.54, 1.807) is 0 Å². The van der Waals surface area contributed by atoms with Crippen molar-refractivity contribution in [2.24, 2.45) is 0 Å². The van der Waals surface area contributed by atoms with Gasteiger partial charge in [-0.1, -0.05) is 60.8 Å². The molecule has 0 rings (SSSR count). The molecule has 24 heteroatoms. The van der Waals surface area contributed by atoms with Crippen molar-refractivity contribution in [1.29, 1.82) is 0 Å². The van der Waals surface area contributed by atoms with E-state index in [2.05, 4.69) is 41.1 Å². The van der Waals surface area contributed by atoms with E-state index in [1.807, 2.05) is 0 Å². The topological polar surface area (TPSA) is 384 Å². The highest BCUT2D eigenvalue weighted by Gasteiger charge is 2.28. The number of nitrogens with one attached hydrogen (secondary N) is 6. The van der Waals surface area contributed by atoms with Crippen LogP contribution < -0.4 is 31.7 Å². The van der Waals surface area contributed by atoms with E-state index in [9.17, 15) is 73.5 Å². The second-order valence-corrected chi connectivity index (χ2v) is 15.8. The monoisotopic (exact) mass is 936 g/mol. The summed E-state index contributed by atoms with van der Waals surface area (Å²) in [5.74, 6) is -10.4. The number of carbonyl (C=O) groups is 10. The van der Waals surface area contributed by atoms with Gasteiger partial charge in [0.05, 0.1) is 0 Å². The molecule has 0 radical (unpaired) electrons. The highest BCUT2D eigenvalue weighted by Crippen LogP contribution is 2.13. The number of carboxylic acid groups (broad SMARTS) is 6. The highest BCUT2D eigenvalue weighted by molar-refractivity contribution is 7.13. The number of hydrogen-bond donors (Lipinski definition) is 13. The van der Waals surface area contributed by atoms with Gasteiger partial charge < -0.3 is 57.0 Å². The van der Waals surface area contributed by atoms with Crippen LogP contribution in [0.25, 0.3) is 0 Å². The van der Waals surface area contributed by atoms with Gasteiger partial charge in [-0.25, -0.2) is 14.4 Å². The van der Waals surface area contributed by atoms with E-state index in [0.29, 0.717) is 32.1 Å². The lowest BCUT2D eigenvalue weighted by atomic mass is 10.0. The van der Waals surface area contributed by atoms with Crippen LogP contribution in [0.3, 0.4) is 0 Å². The Bertz CT molecular complexity index is 1510. The fourth-order valence-electron chi connectivity index (χ4n) is 6.36. The van der Waals surface area contributed by atoms with Gasteiger partial charge in [0.2, 0.25) is 23.6 Å². The lowest BCUT2D eigenvalue weighted by Crippen LogP contribution is -2.47. The molecule has 64 heavy (non-hydrogen) atoms. The molecule has 0 saturated heterocycles. The number of unbranched alkanes of at least 4 members (excludes halogenated alkanes) is 10. The van der Waals surface area contributed by atoms with Crippen molar-refractivity contribution >= 4 is 68.8 Å². The molecule has 0 aromatic heterocycles. The van der Waals surface area contributed by atoms with Gasteiger partial charge in [-0.3, -0.25) is 44.0 Å². The maximum absolute atomic E-state index is 12.6. The number of aliphatic carboxylic acids is 6. The first-order valence-electron chi connectivity index (χ1n) is 21.7. The molecule has 0 fully saturated rings. The van der Waals surface area contributed by atoms with Gasteiger partial charge in [0.15, 0.2) is 0 Å². The molecule has 2 unspecified atom stereocenters. The van der Waals surface area contributed by atoms with E-state index in [-0.39, 0.29) is 45.1 Å². The molecule has 7 atom stereocenters. The van der Waals surface area contributed by atoms with Gasteiger partial charge in [-0.05, 0) is 64.2 Å². The summed E-state index contributed by atoms with van der Waals surface area (Å²) in [6.45, 7) is 0.216. The average molecular weight is 937 g/mol. The molecule has 366 valence electrons. The Morgan fingerprint density at radius 3 is 1.17 bits per heavy atom. The first-order valence-corrected chi connectivity index (χ1v) is 22.3. The summed E-state index contributed by atoms with van der Waals surface area (Å²) >= 11 is 0. The SMILES string of the molecule is O=C(O)CCCCCCCCCCCCC(=O)N[C@@H](CCC(O)N[C@@H](CCC(=O)N[C@@H](CCC(=O)N[C@@H](CCC(=O)NCCCC[C@H](NP)C(=O)O)C(=O)O)C(=O)O)C(=O)O)C(=O)O. The van der Waals surface area contributed by atoms with Crippen molar-refractivity contribution in [3.8, 4) is 0 Å². The molecule has 0 saturated carbocycles. The smallest absolute Gasteiger partial charge is 0.326 e. The van der Waals surface area contributed by atoms with Gasteiger partial charge >= 0.3 is 35.8 Å². The van der Waals surface area contributed by atoms with Crippen LogP contribution in [0.1, 0.15) is 148 Å². The molecule has 4 amide bonds. The number of aliphatic hydroxyl groups excluding tert-OH is 1. The van der Waals surface area contributed by atoms with Crippen LogP contribution in [0.4, 0.5) is 0 Å². The molecule has 23 nitrogen and oxygen atoms in total. The zero-order valence-electron chi connectivity index (χ0n) is 36.2. The van der Waals surface area contributed by atoms with Gasteiger partial charge in [0.1, 0.15) is 36.4 Å². The quantitative estimate of drug-likeness (QED) is 0.0231. The van der Waals surface area contributed by atoms with Gasteiger partial charge in [0.25, 0.3) is 0 Å². The van der Waals surface area contributed by atoms with Crippen LogP contribution in [-0.2, 0) is 47.9 Å². The van der Waals surface area contributed by atoms with E-state index < -0.39 is 122 Å². The molecule has 0 spiro atoms. The molecule has 0 aliphatic rings. The van der Waals surface area contributed by atoms with Crippen LogP contribution >= 0.6 is 9.39 Å². The van der Waals surface area contributed by atoms with Crippen molar-refractivity contribution in [1.82, 2.24) is 31.7 Å². The van der Waals surface area contributed by atoms with Crippen LogP contribution in [0.15, 0.2) is 0 Å². The molecular weight excluding hydrogens is 867 g/mol. The zero-order chi connectivity index (χ0) is 48.5. The van der Waals surface area contributed by atoms with Crippen molar-refractivity contribution in [3.63, 3.8) is 0 Å². The summed E-state index contributed by atoms with van der Waals surface area (Å²) in [6.07, 6.45) is 5.76. The van der Waals surface area contributed by atoms with Crippen LogP contribution in [0.5, 0.6) is 0 Å². The third kappa shape index (κ3) is 31.0. The van der Waals surface area contributed by atoms with Gasteiger partial charge in [0, 0.05) is 38.6 Å². The summed E-state index contributed by atoms with van der Waals surface area (Å²) < 4.78 is 0. The summed E-state index contributed by atoms with van der Waals surface area (Å²) in [6, 6.07) is -6.77. The van der Waals surface area contributed by atoms with Crippen LogP contribution in [0.2, 0.25) is 0 Å². The predicted octanol–water partition coefficient (Wildman–Crippen LogP) is 1.06. The number of aliphatic hydroxyl groups is 1. The summed E-state index contributed by atoms with van der Waals surface area (Å²) in [5, 5.41) is 80.7. The van der Waals surface area contributed by atoms with Gasteiger partial charge in [-0.2, -0.15) is 0 Å². The third-order valence-electron chi connectivity index (χ3n) is 10.1. The van der Waals surface area contributed by atoms with E-state index >= 15 is 0 Å². The maximum atomic E-state index is 12.6. The zero-order valence-corrected chi connectivity index (χ0v) is 37.4. The molecule has 0 aliphatic carbocycles. The molecular formula is C40H69N6O17P. The van der Waals surface area contributed by atoms with Gasteiger partial charge in [-0.15, -0.1) is 0 Å². The summed E-state index contributed by atoms with van der Waals surface area (Å²) in [4.78, 5) is 118. The number of rotatable bonds is 41. The minimum absolute atomic E-state index is 0.0976. The molecule has 13 N–H and O–H groups in total. The number of carboxylic acids is 6. The third-order valence-corrected chi connectivity index (χ3v) is 10.5. The van der Waals surface area contributed by atoms with Crippen molar-refractivity contribution < 1.29 is 83.7 Å². The Kier molecular flexibility index (Phi) is 32.6. The maximum Gasteiger partial charge on any atom is 0.326 e. The largest absolute Gasteiger partial charge is 0.481 e. The standard InChI is InChI=1S/C40H69N6O17P/c47-30(41-24-12-11-13-29(46-64)40(62)63)20-16-25(36(54)55)43-32(49)22-18-27(38(58)59)45-34(51)23-19-28(39(60)61)44-33(50)21-17-26(37(56)57)42-31(48)14-9-7-5-3-1-2-4-6-8-10-15-35(52)53/h25-29,33,44,46,50H,1-24,64H2,(H,41,47)(H,42,48)(H,43,49)(H,45,51)(H,52,53)(H,54,55)(H,56,57)(H,58,59)(H,60,61)(H,62,63)/t25-,26-,27-,28-,29-,33?/m0/s1.